The summed E-state index contributed by atoms with van der Waals surface area (Å²) in [4.78, 5) is 22.8. The molecule has 0 unspecified atom stereocenters. The number of hydrogen-bond acceptors (Lipinski definition) is 5. The van der Waals surface area contributed by atoms with Gasteiger partial charge in [-0.05, 0) is 26.0 Å². The monoisotopic (exact) mass is 303 g/mol. The summed E-state index contributed by atoms with van der Waals surface area (Å²) in [6, 6.07) is 6.73. The first-order valence-corrected chi connectivity index (χ1v) is 6.68. The highest BCUT2D eigenvalue weighted by Gasteiger charge is 2.13. The highest BCUT2D eigenvalue weighted by Crippen LogP contribution is 2.18. The van der Waals surface area contributed by atoms with Gasteiger partial charge in [0, 0.05) is 17.3 Å². The maximum Gasteiger partial charge on any atom is 0.255 e. The molecule has 1 heterocycles. The number of aromatic nitrogens is 1. The predicted molar refractivity (Wildman–Crippen MR) is 79.4 cm³/mol. The number of carbonyl (C=O) groups is 2. The van der Waals surface area contributed by atoms with Gasteiger partial charge in [-0.3, -0.25) is 9.59 Å². The molecule has 0 saturated heterocycles. The molecule has 0 bridgehead atoms. The molecule has 0 fully saturated rings. The predicted octanol–water partition coefficient (Wildman–Crippen LogP) is 1.34. The second-order valence-corrected chi connectivity index (χ2v) is 4.81. The van der Waals surface area contributed by atoms with E-state index in [1.54, 1.807) is 38.1 Å². The summed E-state index contributed by atoms with van der Waals surface area (Å²) in [6.45, 7) is 3.34. The number of nitrogens with zero attached hydrogens (tertiary/aromatic N) is 1. The van der Waals surface area contributed by atoms with E-state index in [4.69, 9.17) is 15.0 Å². The zero-order chi connectivity index (χ0) is 16.1. The van der Waals surface area contributed by atoms with Crippen LogP contribution < -0.4 is 15.8 Å². The summed E-state index contributed by atoms with van der Waals surface area (Å²) in [5.74, 6) is 0.328. The van der Waals surface area contributed by atoms with Crippen LogP contribution in [0, 0.1) is 13.8 Å². The van der Waals surface area contributed by atoms with Gasteiger partial charge in [0.2, 0.25) is 5.91 Å². The number of benzene rings is 1. The number of anilines is 1. The van der Waals surface area contributed by atoms with Gasteiger partial charge in [-0.1, -0.05) is 11.2 Å². The minimum Gasteiger partial charge on any atom is -0.484 e. The average molecular weight is 303 g/mol. The van der Waals surface area contributed by atoms with E-state index in [9.17, 15) is 9.59 Å². The van der Waals surface area contributed by atoms with Crippen molar-refractivity contribution < 1.29 is 18.8 Å². The lowest BCUT2D eigenvalue weighted by Gasteiger charge is -2.08. The lowest BCUT2D eigenvalue weighted by molar-refractivity contribution is -0.120. The highest BCUT2D eigenvalue weighted by molar-refractivity contribution is 5.92. The number of primary amides is 1. The van der Waals surface area contributed by atoms with E-state index < -0.39 is 5.91 Å². The van der Waals surface area contributed by atoms with Crippen molar-refractivity contribution in [1.82, 2.24) is 5.16 Å². The first-order valence-electron chi connectivity index (χ1n) is 6.68. The summed E-state index contributed by atoms with van der Waals surface area (Å²) in [6.07, 6.45) is 0.174. The Labute approximate surface area is 127 Å². The summed E-state index contributed by atoms with van der Waals surface area (Å²) < 4.78 is 10.2. The van der Waals surface area contributed by atoms with Crippen LogP contribution in [0.4, 0.5) is 5.69 Å². The smallest absolute Gasteiger partial charge is 0.255 e. The molecule has 0 spiro atoms. The molecule has 116 valence electrons. The van der Waals surface area contributed by atoms with Crippen LogP contribution in [0.5, 0.6) is 5.75 Å². The van der Waals surface area contributed by atoms with Gasteiger partial charge in [-0.15, -0.1) is 0 Å². The van der Waals surface area contributed by atoms with Crippen LogP contribution in [0.25, 0.3) is 0 Å². The van der Waals surface area contributed by atoms with E-state index in [2.05, 4.69) is 10.5 Å². The van der Waals surface area contributed by atoms with Crippen molar-refractivity contribution in [1.29, 1.82) is 0 Å². The fourth-order valence-electron chi connectivity index (χ4n) is 1.94. The van der Waals surface area contributed by atoms with E-state index in [0.29, 0.717) is 22.9 Å². The Morgan fingerprint density at radius 3 is 2.77 bits per heavy atom. The second kappa shape index (κ2) is 6.75. The fourth-order valence-corrected chi connectivity index (χ4v) is 1.94. The van der Waals surface area contributed by atoms with Crippen molar-refractivity contribution in [3.8, 4) is 5.75 Å². The Morgan fingerprint density at radius 2 is 2.14 bits per heavy atom. The van der Waals surface area contributed by atoms with Crippen molar-refractivity contribution in [2.24, 2.45) is 5.73 Å². The minimum absolute atomic E-state index is 0.174. The van der Waals surface area contributed by atoms with Gasteiger partial charge in [0.15, 0.2) is 6.61 Å². The molecular formula is C15H17N3O4. The molecule has 7 nitrogen and oxygen atoms in total. The third kappa shape index (κ3) is 4.08. The van der Waals surface area contributed by atoms with Gasteiger partial charge >= 0.3 is 0 Å². The minimum atomic E-state index is -0.562. The van der Waals surface area contributed by atoms with Crippen LogP contribution in [-0.4, -0.2) is 23.6 Å². The lowest BCUT2D eigenvalue weighted by Crippen LogP contribution is -2.20. The van der Waals surface area contributed by atoms with E-state index in [1.165, 1.54) is 0 Å². The molecule has 0 saturated carbocycles. The molecule has 0 aliphatic rings. The molecule has 7 heteroatoms. The van der Waals surface area contributed by atoms with Gasteiger partial charge in [0.05, 0.1) is 12.1 Å². The zero-order valence-electron chi connectivity index (χ0n) is 12.4. The van der Waals surface area contributed by atoms with Gasteiger partial charge < -0.3 is 20.3 Å². The summed E-state index contributed by atoms with van der Waals surface area (Å²) >= 11 is 0. The lowest BCUT2D eigenvalue weighted by atomic mass is 10.1. The Bertz CT molecular complexity index is 674. The maximum absolute atomic E-state index is 12.1. The second-order valence-electron chi connectivity index (χ2n) is 4.81. The SMILES string of the molecule is Cc1noc(C)c1CC(=O)Nc1cccc(OCC(N)=O)c1. The summed E-state index contributed by atoms with van der Waals surface area (Å²) in [7, 11) is 0. The Balaban J connectivity index is 1.99. The molecule has 22 heavy (non-hydrogen) atoms. The number of ether oxygens (including phenoxy) is 1. The maximum atomic E-state index is 12.1. The summed E-state index contributed by atoms with van der Waals surface area (Å²) in [5.41, 5.74) is 7.06. The highest BCUT2D eigenvalue weighted by atomic mass is 16.5. The number of nitrogens with one attached hydrogen (secondary N) is 1. The topological polar surface area (TPSA) is 107 Å². The number of aryl methyl sites for hydroxylation is 2. The molecule has 2 amide bonds. The third-order valence-corrected chi connectivity index (χ3v) is 3.02. The van der Waals surface area contributed by atoms with Crippen LogP contribution in [-0.2, 0) is 16.0 Å². The van der Waals surface area contributed by atoms with Crippen molar-refractivity contribution in [2.75, 3.05) is 11.9 Å². The van der Waals surface area contributed by atoms with E-state index in [0.717, 1.165) is 5.56 Å². The number of amides is 2. The average Bonchev–Trinajstić information content (AvgIpc) is 2.77. The number of nitrogens with two attached hydrogens (primary N) is 1. The van der Waals surface area contributed by atoms with Crippen molar-refractivity contribution in [2.45, 2.75) is 20.3 Å². The van der Waals surface area contributed by atoms with Gasteiger partial charge in [0.1, 0.15) is 11.5 Å². The van der Waals surface area contributed by atoms with Crippen molar-refractivity contribution in [3.05, 3.63) is 41.3 Å². The van der Waals surface area contributed by atoms with Crippen LogP contribution in [0.15, 0.2) is 28.8 Å². The molecule has 0 aliphatic heterocycles. The van der Waals surface area contributed by atoms with E-state index in [-0.39, 0.29) is 18.9 Å². The Kier molecular flexibility index (Phi) is 4.77. The molecule has 0 aliphatic carbocycles. The first-order chi connectivity index (χ1) is 10.5. The largest absolute Gasteiger partial charge is 0.484 e. The number of rotatable bonds is 6. The fraction of sp³-hybridized carbons (Fsp3) is 0.267. The quantitative estimate of drug-likeness (QED) is 0.837. The normalized spacial score (nSPS) is 10.3. The molecule has 2 rings (SSSR count). The first kappa shape index (κ1) is 15.6. The van der Waals surface area contributed by atoms with E-state index >= 15 is 0 Å². The Morgan fingerprint density at radius 1 is 1.36 bits per heavy atom. The Hall–Kier alpha value is -2.83. The van der Waals surface area contributed by atoms with Gasteiger partial charge in [-0.25, -0.2) is 0 Å². The standard InChI is InChI=1S/C15H17N3O4/c1-9-13(10(2)22-18-9)7-15(20)17-11-4-3-5-12(6-11)21-8-14(16)19/h3-6H,7-8H2,1-2H3,(H2,16,19)(H,17,20). The van der Waals surface area contributed by atoms with Crippen LogP contribution in [0.2, 0.25) is 0 Å². The van der Waals surface area contributed by atoms with Crippen molar-refractivity contribution in [3.63, 3.8) is 0 Å². The molecular weight excluding hydrogens is 286 g/mol. The van der Waals surface area contributed by atoms with Crippen LogP contribution in [0.1, 0.15) is 17.0 Å². The molecule has 2 aromatic rings. The zero-order valence-corrected chi connectivity index (χ0v) is 12.4. The number of carbonyl (C=O) groups excluding carboxylic acids is 2. The molecule has 3 N–H and O–H groups in total. The third-order valence-electron chi connectivity index (χ3n) is 3.02. The van der Waals surface area contributed by atoms with Crippen LogP contribution >= 0.6 is 0 Å². The van der Waals surface area contributed by atoms with Crippen LogP contribution in [0.3, 0.4) is 0 Å². The van der Waals surface area contributed by atoms with E-state index in [1.807, 2.05) is 0 Å². The number of hydrogen-bond donors (Lipinski definition) is 2. The van der Waals surface area contributed by atoms with Gasteiger partial charge in [-0.2, -0.15) is 0 Å². The van der Waals surface area contributed by atoms with Gasteiger partial charge in [0.25, 0.3) is 5.91 Å². The molecule has 1 aromatic heterocycles. The summed E-state index contributed by atoms with van der Waals surface area (Å²) in [5, 5.41) is 6.57. The molecule has 0 radical (unpaired) electrons. The molecule has 0 atom stereocenters. The van der Waals surface area contributed by atoms with Crippen molar-refractivity contribution >= 4 is 17.5 Å². The molecule has 1 aromatic carbocycles.